The summed E-state index contributed by atoms with van der Waals surface area (Å²) in [7, 11) is 0. The standard InChI is InChI=1S/C14H14N4OS/c1-9-3-2-4-11-12(9)20-14(17-11)18(8-15)13(19)10-5-6-16-7-10/h2-4,10,16H,5-7H2,1H3/t10-/m0/s1. The van der Waals surface area contributed by atoms with Gasteiger partial charge in [-0.2, -0.15) is 10.2 Å². The van der Waals surface area contributed by atoms with Crippen LogP contribution in [0.4, 0.5) is 5.13 Å². The van der Waals surface area contributed by atoms with Crippen LogP contribution in [0.15, 0.2) is 18.2 Å². The Balaban J connectivity index is 1.97. The summed E-state index contributed by atoms with van der Waals surface area (Å²) < 4.78 is 1.03. The number of nitrogens with zero attached hydrogens (tertiary/aromatic N) is 3. The van der Waals surface area contributed by atoms with Crippen molar-refractivity contribution >= 4 is 32.6 Å². The van der Waals surface area contributed by atoms with Crippen molar-refractivity contribution in [3.8, 4) is 6.19 Å². The van der Waals surface area contributed by atoms with Gasteiger partial charge in [-0.15, -0.1) is 0 Å². The molecule has 6 heteroatoms. The second kappa shape index (κ2) is 5.19. The topological polar surface area (TPSA) is 69.0 Å². The van der Waals surface area contributed by atoms with Crippen LogP contribution in [0.1, 0.15) is 12.0 Å². The summed E-state index contributed by atoms with van der Waals surface area (Å²) in [5, 5.41) is 12.9. The molecule has 1 aliphatic heterocycles. The van der Waals surface area contributed by atoms with Crippen molar-refractivity contribution in [2.45, 2.75) is 13.3 Å². The molecule has 1 N–H and O–H groups in total. The highest BCUT2D eigenvalue weighted by atomic mass is 32.1. The molecule has 1 atom stereocenters. The minimum Gasteiger partial charge on any atom is -0.316 e. The van der Waals surface area contributed by atoms with Crippen molar-refractivity contribution in [1.29, 1.82) is 5.26 Å². The molecule has 0 radical (unpaired) electrons. The number of aryl methyl sites for hydroxylation is 1. The van der Waals surface area contributed by atoms with E-state index in [0.29, 0.717) is 11.7 Å². The van der Waals surface area contributed by atoms with Crippen LogP contribution in [-0.4, -0.2) is 24.0 Å². The third-order valence-corrected chi connectivity index (χ3v) is 4.71. The van der Waals surface area contributed by atoms with Crippen molar-refractivity contribution in [1.82, 2.24) is 10.3 Å². The Bertz CT molecular complexity index is 697. The summed E-state index contributed by atoms with van der Waals surface area (Å²) in [4.78, 5) is 17.9. The zero-order valence-corrected chi connectivity index (χ0v) is 11.9. The van der Waals surface area contributed by atoms with E-state index in [0.717, 1.165) is 33.6 Å². The summed E-state index contributed by atoms with van der Waals surface area (Å²) in [6.07, 6.45) is 2.76. The van der Waals surface area contributed by atoms with Gasteiger partial charge >= 0.3 is 0 Å². The molecule has 0 spiro atoms. The summed E-state index contributed by atoms with van der Waals surface area (Å²) >= 11 is 1.39. The first-order valence-corrected chi connectivity index (χ1v) is 7.33. The molecule has 1 saturated heterocycles. The number of carbonyl (C=O) groups is 1. The molecule has 0 aliphatic carbocycles. The van der Waals surface area contributed by atoms with Crippen molar-refractivity contribution < 1.29 is 4.79 Å². The van der Waals surface area contributed by atoms with Crippen LogP contribution < -0.4 is 10.2 Å². The molecule has 0 bridgehead atoms. The van der Waals surface area contributed by atoms with E-state index < -0.39 is 0 Å². The normalized spacial score (nSPS) is 18.1. The van der Waals surface area contributed by atoms with Crippen LogP contribution >= 0.6 is 11.3 Å². The van der Waals surface area contributed by atoms with E-state index in [1.165, 1.54) is 11.3 Å². The Kier molecular flexibility index (Phi) is 3.38. The predicted octanol–water partition coefficient (Wildman–Crippen LogP) is 2.03. The van der Waals surface area contributed by atoms with E-state index in [4.69, 9.17) is 0 Å². The van der Waals surface area contributed by atoms with Crippen LogP contribution in [-0.2, 0) is 4.79 Å². The van der Waals surface area contributed by atoms with Crippen LogP contribution in [0.25, 0.3) is 10.2 Å². The fraction of sp³-hybridized carbons (Fsp3) is 0.357. The molecule has 2 aromatic rings. The zero-order chi connectivity index (χ0) is 14.1. The van der Waals surface area contributed by atoms with E-state index >= 15 is 0 Å². The number of anilines is 1. The van der Waals surface area contributed by atoms with Gasteiger partial charge in [-0.05, 0) is 31.5 Å². The number of aromatic nitrogens is 1. The van der Waals surface area contributed by atoms with Crippen molar-refractivity contribution in [2.24, 2.45) is 5.92 Å². The Hall–Kier alpha value is -1.97. The van der Waals surface area contributed by atoms with Crippen molar-refractivity contribution in [3.05, 3.63) is 23.8 Å². The van der Waals surface area contributed by atoms with Gasteiger partial charge in [0.05, 0.1) is 16.1 Å². The van der Waals surface area contributed by atoms with Gasteiger partial charge in [-0.25, -0.2) is 4.98 Å². The van der Waals surface area contributed by atoms with Crippen LogP contribution in [0.2, 0.25) is 0 Å². The number of rotatable bonds is 2. The third kappa shape index (κ3) is 2.15. The van der Waals surface area contributed by atoms with E-state index in [1.807, 2.05) is 31.3 Å². The van der Waals surface area contributed by atoms with E-state index in [-0.39, 0.29) is 11.8 Å². The molecule has 5 nitrogen and oxygen atoms in total. The second-order valence-corrected chi connectivity index (χ2v) is 5.86. The maximum absolute atomic E-state index is 12.4. The van der Waals surface area contributed by atoms with E-state index in [1.54, 1.807) is 0 Å². The molecule has 1 fully saturated rings. The van der Waals surface area contributed by atoms with Gasteiger partial charge in [0.15, 0.2) is 6.19 Å². The number of thiazole rings is 1. The SMILES string of the molecule is Cc1cccc2nc(N(C#N)C(=O)[C@H]3CCNC3)sc12. The second-order valence-electron chi connectivity index (χ2n) is 4.88. The van der Waals surface area contributed by atoms with Gasteiger partial charge in [0.1, 0.15) is 0 Å². The summed E-state index contributed by atoms with van der Waals surface area (Å²) in [5.74, 6) is -0.281. The predicted molar refractivity (Wildman–Crippen MR) is 78.4 cm³/mol. The molecule has 20 heavy (non-hydrogen) atoms. The fourth-order valence-corrected chi connectivity index (χ4v) is 3.40. The molecular formula is C14H14N4OS. The molecule has 102 valence electrons. The first-order valence-electron chi connectivity index (χ1n) is 6.51. The van der Waals surface area contributed by atoms with Gasteiger partial charge in [0, 0.05) is 6.54 Å². The Morgan fingerprint density at radius 3 is 3.10 bits per heavy atom. The molecule has 1 aliphatic rings. The maximum Gasteiger partial charge on any atom is 0.246 e. The minimum atomic E-state index is -0.158. The summed E-state index contributed by atoms with van der Waals surface area (Å²) in [6.45, 7) is 3.47. The average molecular weight is 286 g/mol. The first-order chi connectivity index (χ1) is 9.70. The number of hydrogen-bond donors (Lipinski definition) is 1. The fourth-order valence-electron chi connectivity index (χ4n) is 2.40. The molecule has 2 heterocycles. The molecular weight excluding hydrogens is 272 g/mol. The highest BCUT2D eigenvalue weighted by molar-refractivity contribution is 7.22. The molecule has 1 aromatic carbocycles. The lowest BCUT2D eigenvalue weighted by Crippen LogP contribution is -2.33. The number of amides is 1. The molecule has 0 unspecified atom stereocenters. The number of carbonyl (C=O) groups excluding carboxylic acids is 1. The Morgan fingerprint density at radius 2 is 2.45 bits per heavy atom. The number of nitrogens with one attached hydrogen (secondary N) is 1. The minimum absolute atomic E-state index is 0.122. The largest absolute Gasteiger partial charge is 0.316 e. The van der Waals surface area contributed by atoms with E-state index in [2.05, 4.69) is 10.3 Å². The smallest absolute Gasteiger partial charge is 0.246 e. The average Bonchev–Trinajstić information content (AvgIpc) is 3.08. The lowest BCUT2D eigenvalue weighted by atomic mass is 10.1. The zero-order valence-electron chi connectivity index (χ0n) is 11.1. The molecule has 1 aromatic heterocycles. The monoisotopic (exact) mass is 286 g/mol. The maximum atomic E-state index is 12.4. The van der Waals surface area contributed by atoms with Gasteiger partial charge in [0.2, 0.25) is 11.0 Å². The Labute approximate surface area is 120 Å². The molecule has 0 saturated carbocycles. The van der Waals surface area contributed by atoms with Crippen molar-refractivity contribution in [2.75, 3.05) is 18.0 Å². The lowest BCUT2D eigenvalue weighted by molar-refractivity contribution is -0.121. The molecule has 1 amide bonds. The van der Waals surface area contributed by atoms with Crippen LogP contribution in [0.5, 0.6) is 0 Å². The number of fused-ring (bicyclic) bond motifs is 1. The highest BCUT2D eigenvalue weighted by Gasteiger charge is 2.30. The number of nitriles is 1. The highest BCUT2D eigenvalue weighted by Crippen LogP contribution is 2.31. The van der Waals surface area contributed by atoms with Gasteiger partial charge in [0.25, 0.3) is 0 Å². The third-order valence-electron chi connectivity index (χ3n) is 3.52. The van der Waals surface area contributed by atoms with Gasteiger partial charge < -0.3 is 5.32 Å². The first kappa shape index (κ1) is 13.0. The summed E-state index contributed by atoms with van der Waals surface area (Å²) in [6, 6.07) is 5.84. The Morgan fingerprint density at radius 1 is 1.60 bits per heavy atom. The summed E-state index contributed by atoms with van der Waals surface area (Å²) in [5.41, 5.74) is 1.95. The molecule has 3 rings (SSSR count). The van der Waals surface area contributed by atoms with Crippen LogP contribution in [0.3, 0.4) is 0 Å². The van der Waals surface area contributed by atoms with Crippen molar-refractivity contribution in [3.63, 3.8) is 0 Å². The number of benzene rings is 1. The van der Waals surface area contributed by atoms with Gasteiger partial charge in [-0.1, -0.05) is 23.5 Å². The van der Waals surface area contributed by atoms with Crippen LogP contribution in [0, 0.1) is 24.3 Å². The van der Waals surface area contributed by atoms with Gasteiger partial charge in [-0.3, -0.25) is 4.79 Å². The number of hydrogen-bond acceptors (Lipinski definition) is 5. The lowest BCUT2D eigenvalue weighted by Gasteiger charge is -2.14. The quantitative estimate of drug-likeness (QED) is 0.677. The van der Waals surface area contributed by atoms with E-state index in [9.17, 15) is 10.1 Å².